The van der Waals surface area contributed by atoms with Crippen molar-refractivity contribution in [2.24, 2.45) is 5.92 Å². The predicted octanol–water partition coefficient (Wildman–Crippen LogP) is 0.976. The molecule has 84 valence electrons. The Kier molecular flexibility index (Phi) is 3.23. The minimum atomic E-state index is 0.122. The molecule has 1 amide bonds. The van der Waals surface area contributed by atoms with Crippen LogP contribution < -0.4 is 5.32 Å². The second-order valence-electron chi connectivity index (χ2n) is 4.45. The van der Waals surface area contributed by atoms with Gasteiger partial charge in [0.05, 0.1) is 5.84 Å². The first kappa shape index (κ1) is 10.5. The fourth-order valence-electron chi connectivity index (χ4n) is 2.47. The molecule has 2 rings (SSSR count). The van der Waals surface area contributed by atoms with Crippen LogP contribution >= 0.6 is 0 Å². The van der Waals surface area contributed by atoms with Gasteiger partial charge in [0.25, 0.3) is 0 Å². The molecule has 4 heteroatoms. The van der Waals surface area contributed by atoms with Crippen molar-refractivity contribution >= 4 is 11.7 Å². The maximum absolute atomic E-state index is 11.2. The van der Waals surface area contributed by atoms with Gasteiger partial charge < -0.3 is 10.2 Å². The van der Waals surface area contributed by atoms with E-state index in [9.17, 15) is 4.79 Å². The molecule has 1 saturated carbocycles. The Morgan fingerprint density at radius 3 is 2.80 bits per heavy atom. The molecule has 2 N–H and O–H groups in total. The van der Waals surface area contributed by atoms with E-state index in [4.69, 9.17) is 5.41 Å². The van der Waals surface area contributed by atoms with Crippen LogP contribution in [0.25, 0.3) is 0 Å². The Morgan fingerprint density at radius 1 is 1.33 bits per heavy atom. The van der Waals surface area contributed by atoms with Gasteiger partial charge in [0, 0.05) is 32.0 Å². The van der Waals surface area contributed by atoms with Gasteiger partial charge in [-0.2, -0.15) is 0 Å². The molecule has 1 aliphatic carbocycles. The molecule has 0 spiro atoms. The summed E-state index contributed by atoms with van der Waals surface area (Å²) < 4.78 is 0. The summed E-state index contributed by atoms with van der Waals surface area (Å²) in [4.78, 5) is 13.2. The van der Waals surface area contributed by atoms with Gasteiger partial charge in [0.2, 0.25) is 5.91 Å². The average molecular weight is 209 g/mol. The van der Waals surface area contributed by atoms with Crippen molar-refractivity contribution in [3.8, 4) is 0 Å². The third-order valence-electron chi connectivity index (χ3n) is 3.40. The average Bonchev–Trinajstić information content (AvgIpc) is 2.67. The first-order valence-corrected chi connectivity index (χ1v) is 5.87. The van der Waals surface area contributed by atoms with Crippen molar-refractivity contribution in [1.82, 2.24) is 10.2 Å². The summed E-state index contributed by atoms with van der Waals surface area (Å²) in [6.07, 6.45) is 5.39. The van der Waals surface area contributed by atoms with E-state index in [0.29, 0.717) is 18.9 Å². The molecule has 15 heavy (non-hydrogen) atoms. The van der Waals surface area contributed by atoms with Crippen molar-refractivity contribution in [1.29, 1.82) is 5.41 Å². The Morgan fingerprint density at radius 2 is 2.07 bits per heavy atom. The molecule has 2 aliphatic rings. The van der Waals surface area contributed by atoms with E-state index in [0.717, 1.165) is 31.8 Å². The first-order valence-electron chi connectivity index (χ1n) is 5.87. The Balaban J connectivity index is 1.91. The third kappa shape index (κ3) is 2.49. The predicted molar refractivity (Wildman–Crippen MR) is 58.9 cm³/mol. The molecule has 1 saturated heterocycles. The van der Waals surface area contributed by atoms with Gasteiger partial charge in [-0.1, -0.05) is 12.8 Å². The van der Waals surface area contributed by atoms with Crippen LogP contribution in [0, 0.1) is 11.3 Å². The zero-order valence-electron chi connectivity index (χ0n) is 9.09. The van der Waals surface area contributed by atoms with Gasteiger partial charge >= 0.3 is 0 Å². The smallest absolute Gasteiger partial charge is 0.221 e. The van der Waals surface area contributed by atoms with Gasteiger partial charge in [-0.3, -0.25) is 10.2 Å². The van der Waals surface area contributed by atoms with Crippen molar-refractivity contribution in [2.45, 2.75) is 32.1 Å². The number of nitrogens with one attached hydrogen (secondary N) is 2. The number of hydrogen-bond donors (Lipinski definition) is 2. The maximum atomic E-state index is 11.2. The summed E-state index contributed by atoms with van der Waals surface area (Å²) in [5.41, 5.74) is 0. The van der Waals surface area contributed by atoms with Crippen LogP contribution in [0.5, 0.6) is 0 Å². The lowest BCUT2D eigenvalue weighted by Crippen LogP contribution is -2.37. The molecule has 0 atom stereocenters. The van der Waals surface area contributed by atoms with E-state index in [1.807, 2.05) is 0 Å². The molecule has 0 radical (unpaired) electrons. The van der Waals surface area contributed by atoms with Crippen LogP contribution in [0.4, 0.5) is 0 Å². The van der Waals surface area contributed by atoms with E-state index in [-0.39, 0.29) is 5.91 Å². The molecule has 0 unspecified atom stereocenters. The van der Waals surface area contributed by atoms with Gasteiger partial charge in [-0.15, -0.1) is 0 Å². The molecule has 0 aromatic heterocycles. The lowest BCUT2D eigenvalue weighted by Gasteiger charge is -2.26. The minimum Gasteiger partial charge on any atom is -0.358 e. The van der Waals surface area contributed by atoms with Crippen LogP contribution in [0.2, 0.25) is 0 Å². The Hall–Kier alpha value is -1.06. The van der Waals surface area contributed by atoms with Crippen LogP contribution in [0.3, 0.4) is 0 Å². The zero-order chi connectivity index (χ0) is 10.7. The summed E-state index contributed by atoms with van der Waals surface area (Å²) in [5.74, 6) is 1.35. The largest absolute Gasteiger partial charge is 0.358 e. The van der Waals surface area contributed by atoms with Crippen LogP contribution in [0.1, 0.15) is 32.1 Å². The Labute approximate surface area is 90.5 Å². The van der Waals surface area contributed by atoms with E-state index in [1.165, 1.54) is 12.8 Å². The third-order valence-corrected chi connectivity index (χ3v) is 3.40. The van der Waals surface area contributed by atoms with E-state index >= 15 is 0 Å². The lowest BCUT2D eigenvalue weighted by atomic mass is 10.1. The van der Waals surface area contributed by atoms with E-state index in [2.05, 4.69) is 10.2 Å². The normalized spacial score (nSPS) is 23.7. The summed E-state index contributed by atoms with van der Waals surface area (Å²) >= 11 is 0. The number of hydrogen-bond acceptors (Lipinski definition) is 2. The zero-order valence-corrected chi connectivity index (χ0v) is 9.09. The molecule has 0 bridgehead atoms. The minimum absolute atomic E-state index is 0.122. The summed E-state index contributed by atoms with van der Waals surface area (Å²) in [7, 11) is 0. The maximum Gasteiger partial charge on any atom is 0.221 e. The highest BCUT2D eigenvalue weighted by Gasteiger charge is 2.25. The summed E-state index contributed by atoms with van der Waals surface area (Å²) in [6, 6.07) is 0. The van der Waals surface area contributed by atoms with Crippen LogP contribution in [-0.2, 0) is 4.79 Å². The second kappa shape index (κ2) is 4.64. The van der Waals surface area contributed by atoms with Crippen molar-refractivity contribution < 1.29 is 4.79 Å². The van der Waals surface area contributed by atoms with Crippen molar-refractivity contribution in [2.75, 3.05) is 19.6 Å². The molecular formula is C11H19N3O. The SMILES string of the molecule is N=C(C1CCCC1)N1CCNC(=O)CC1. The van der Waals surface area contributed by atoms with E-state index < -0.39 is 0 Å². The molecule has 0 aromatic rings. The number of carbonyl (C=O) groups excluding carboxylic acids is 1. The molecular weight excluding hydrogens is 190 g/mol. The fraction of sp³-hybridized carbons (Fsp3) is 0.818. The first-order chi connectivity index (χ1) is 7.27. The number of amidine groups is 1. The fourth-order valence-corrected chi connectivity index (χ4v) is 2.47. The van der Waals surface area contributed by atoms with Gasteiger partial charge in [0.1, 0.15) is 0 Å². The van der Waals surface area contributed by atoms with Gasteiger partial charge in [-0.25, -0.2) is 0 Å². The summed E-state index contributed by atoms with van der Waals surface area (Å²) in [5, 5.41) is 11.0. The monoisotopic (exact) mass is 209 g/mol. The topological polar surface area (TPSA) is 56.2 Å². The number of rotatable bonds is 1. The molecule has 4 nitrogen and oxygen atoms in total. The lowest BCUT2D eigenvalue weighted by molar-refractivity contribution is -0.120. The Bertz CT molecular complexity index is 259. The highest BCUT2D eigenvalue weighted by Crippen LogP contribution is 2.26. The highest BCUT2D eigenvalue weighted by molar-refractivity contribution is 5.83. The second-order valence-corrected chi connectivity index (χ2v) is 4.45. The highest BCUT2D eigenvalue weighted by atomic mass is 16.1. The number of nitrogens with zero attached hydrogens (tertiary/aromatic N) is 1. The van der Waals surface area contributed by atoms with Crippen molar-refractivity contribution in [3.05, 3.63) is 0 Å². The van der Waals surface area contributed by atoms with Crippen LogP contribution in [0.15, 0.2) is 0 Å². The molecule has 1 heterocycles. The number of amides is 1. The van der Waals surface area contributed by atoms with Gasteiger partial charge in [0.15, 0.2) is 0 Å². The standard InChI is InChI=1S/C11H19N3O/c12-11(9-3-1-2-4-9)14-7-5-10(15)13-6-8-14/h9,12H,1-8H2,(H,13,15). The molecule has 2 fully saturated rings. The van der Waals surface area contributed by atoms with E-state index in [1.54, 1.807) is 0 Å². The molecule has 0 aromatic carbocycles. The van der Waals surface area contributed by atoms with Crippen LogP contribution in [-0.4, -0.2) is 36.3 Å². The number of carbonyl (C=O) groups is 1. The van der Waals surface area contributed by atoms with Crippen molar-refractivity contribution in [3.63, 3.8) is 0 Å². The summed E-state index contributed by atoms with van der Waals surface area (Å²) in [6.45, 7) is 2.22. The quantitative estimate of drug-likeness (QED) is 0.499. The van der Waals surface area contributed by atoms with Gasteiger partial charge in [-0.05, 0) is 12.8 Å². The molecule has 1 aliphatic heterocycles.